The highest BCUT2D eigenvalue weighted by molar-refractivity contribution is 7.90. The number of benzene rings is 1. The Kier molecular flexibility index (Phi) is 5.00. The average Bonchev–Trinajstić information content (AvgIpc) is 2.74. The van der Waals surface area contributed by atoms with Crippen LogP contribution < -0.4 is 5.32 Å². The first kappa shape index (κ1) is 16.0. The number of carbonyl (C=O) groups is 1. The Hall–Kier alpha value is -1.40. The SMILES string of the molecule is CCCC1NC(c2ccccc2)C(=O)N1CCS(C)(=O)=O. The quantitative estimate of drug-likeness (QED) is 0.861. The third kappa shape index (κ3) is 4.04. The van der Waals surface area contributed by atoms with Gasteiger partial charge >= 0.3 is 0 Å². The standard InChI is InChI=1S/C15H22N2O3S/c1-3-7-13-16-14(12-8-5-4-6-9-12)15(18)17(13)10-11-21(2,19)20/h4-6,8-9,13-14,16H,3,7,10-11H2,1-2H3. The second-order valence-corrected chi connectivity index (χ2v) is 7.74. The largest absolute Gasteiger partial charge is 0.324 e. The van der Waals surface area contributed by atoms with E-state index >= 15 is 0 Å². The molecule has 1 heterocycles. The highest BCUT2D eigenvalue weighted by atomic mass is 32.2. The molecule has 2 rings (SSSR count). The van der Waals surface area contributed by atoms with E-state index in [1.807, 2.05) is 30.3 Å². The van der Waals surface area contributed by atoms with Crippen LogP contribution in [-0.4, -0.2) is 43.9 Å². The van der Waals surface area contributed by atoms with Gasteiger partial charge < -0.3 is 4.90 Å². The van der Waals surface area contributed by atoms with Crippen molar-refractivity contribution in [3.8, 4) is 0 Å². The molecule has 2 unspecified atom stereocenters. The molecule has 0 aliphatic carbocycles. The van der Waals surface area contributed by atoms with Crippen LogP contribution in [0, 0.1) is 0 Å². The predicted molar refractivity (Wildman–Crippen MR) is 82.4 cm³/mol. The molecule has 1 amide bonds. The van der Waals surface area contributed by atoms with E-state index < -0.39 is 9.84 Å². The summed E-state index contributed by atoms with van der Waals surface area (Å²) in [6.45, 7) is 2.30. The van der Waals surface area contributed by atoms with E-state index in [0.29, 0.717) is 0 Å². The van der Waals surface area contributed by atoms with Crippen molar-refractivity contribution in [2.45, 2.75) is 32.0 Å². The molecule has 1 aliphatic rings. The van der Waals surface area contributed by atoms with Crippen molar-refractivity contribution in [1.82, 2.24) is 10.2 Å². The van der Waals surface area contributed by atoms with E-state index in [1.54, 1.807) is 4.90 Å². The Morgan fingerprint density at radius 1 is 1.24 bits per heavy atom. The lowest BCUT2D eigenvalue weighted by Gasteiger charge is -2.23. The molecule has 0 bridgehead atoms. The lowest BCUT2D eigenvalue weighted by Crippen LogP contribution is -2.40. The van der Waals surface area contributed by atoms with Gasteiger partial charge in [-0.25, -0.2) is 8.42 Å². The van der Waals surface area contributed by atoms with Gasteiger partial charge in [0.05, 0.1) is 11.9 Å². The average molecular weight is 310 g/mol. The zero-order valence-corrected chi connectivity index (χ0v) is 13.3. The van der Waals surface area contributed by atoms with E-state index in [4.69, 9.17) is 0 Å². The van der Waals surface area contributed by atoms with Crippen LogP contribution in [0.1, 0.15) is 31.4 Å². The zero-order chi connectivity index (χ0) is 15.5. The molecule has 1 aromatic rings. The summed E-state index contributed by atoms with van der Waals surface area (Å²) in [5.41, 5.74) is 0.922. The fourth-order valence-electron chi connectivity index (χ4n) is 2.60. The topological polar surface area (TPSA) is 66.5 Å². The van der Waals surface area contributed by atoms with E-state index in [-0.39, 0.29) is 30.4 Å². The summed E-state index contributed by atoms with van der Waals surface area (Å²) in [5.74, 6) is -0.0365. The summed E-state index contributed by atoms with van der Waals surface area (Å²) in [7, 11) is -3.08. The number of nitrogens with zero attached hydrogens (tertiary/aromatic N) is 1. The smallest absolute Gasteiger partial charge is 0.245 e. The summed E-state index contributed by atoms with van der Waals surface area (Å²) in [4.78, 5) is 14.2. The molecule has 5 nitrogen and oxygen atoms in total. The van der Waals surface area contributed by atoms with Gasteiger partial charge in [0.1, 0.15) is 15.9 Å². The molecule has 0 spiro atoms. The minimum absolute atomic E-state index is 0.00213. The highest BCUT2D eigenvalue weighted by Gasteiger charge is 2.38. The Morgan fingerprint density at radius 3 is 2.48 bits per heavy atom. The first-order valence-electron chi connectivity index (χ1n) is 7.21. The van der Waals surface area contributed by atoms with Crippen molar-refractivity contribution in [2.24, 2.45) is 0 Å². The summed E-state index contributed by atoms with van der Waals surface area (Å²) in [6, 6.07) is 9.17. The van der Waals surface area contributed by atoms with Gasteiger partial charge in [-0.05, 0) is 12.0 Å². The van der Waals surface area contributed by atoms with Crippen LogP contribution in [-0.2, 0) is 14.6 Å². The maximum Gasteiger partial charge on any atom is 0.245 e. The molecule has 1 fully saturated rings. The third-order valence-corrected chi connectivity index (χ3v) is 4.59. The molecule has 0 aromatic heterocycles. The first-order chi connectivity index (χ1) is 9.92. The first-order valence-corrected chi connectivity index (χ1v) is 9.27. The van der Waals surface area contributed by atoms with Crippen molar-refractivity contribution >= 4 is 15.7 Å². The Labute approximate surface area is 126 Å². The molecular formula is C15H22N2O3S. The minimum atomic E-state index is -3.08. The van der Waals surface area contributed by atoms with Crippen LogP contribution >= 0.6 is 0 Å². The third-order valence-electron chi connectivity index (χ3n) is 3.66. The molecule has 1 aliphatic heterocycles. The Morgan fingerprint density at radius 2 is 1.90 bits per heavy atom. The number of rotatable bonds is 6. The second kappa shape index (κ2) is 6.58. The summed E-state index contributed by atoms with van der Waals surface area (Å²) >= 11 is 0. The van der Waals surface area contributed by atoms with Crippen molar-refractivity contribution in [2.75, 3.05) is 18.6 Å². The Balaban J connectivity index is 2.16. The van der Waals surface area contributed by atoms with Crippen molar-refractivity contribution < 1.29 is 13.2 Å². The van der Waals surface area contributed by atoms with Crippen LogP contribution in [0.4, 0.5) is 0 Å². The maximum absolute atomic E-state index is 12.6. The van der Waals surface area contributed by atoms with Gasteiger partial charge in [-0.1, -0.05) is 43.7 Å². The van der Waals surface area contributed by atoms with Crippen LogP contribution in [0.15, 0.2) is 30.3 Å². The molecule has 1 N–H and O–H groups in total. The number of nitrogens with one attached hydrogen (secondary N) is 1. The van der Waals surface area contributed by atoms with Gasteiger partial charge in [-0.2, -0.15) is 0 Å². The van der Waals surface area contributed by atoms with Gasteiger partial charge in [0.2, 0.25) is 5.91 Å². The zero-order valence-electron chi connectivity index (χ0n) is 12.5. The molecule has 116 valence electrons. The van der Waals surface area contributed by atoms with Gasteiger partial charge in [-0.3, -0.25) is 10.1 Å². The number of amides is 1. The molecule has 0 saturated carbocycles. The number of hydrogen-bond donors (Lipinski definition) is 1. The van der Waals surface area contributed by atoms with Crippen LogP contribution in [0.5, 0.6) is 0 Å². The molecule has 1 saturated heterocycles. The van der Waals surface area contributed by atoms with E-state index in [1.165, 1.54) is 6.26 Å². The van der Waals surface area contributed by atoms with Crippen LogP contribution in [0.2, 0.25) is 0 Å². The summed E-state index contributed by atoms with van der Waals surface area (Å²) in [6.07, 6.45) is 2.86. The van der Waals surface area contributed by atoms with Crippen molar-refractivity contribution in [3.63, 3.8) is 0 Å². The molecule has 6 heteroatoms. The second-order valence-electron chi connectivity index (χ2n) is 5.48. The van der Waals surface area contributed by atoms with Gasteiger partial charge in [0.15, 0.2) is 0 Å². The molecule has 2 atom stereocenters. The monoisotopic (exact) mass is 310 g/mol. The highest BCUT2D eigenvalue weighted by Crippen LogP contribution is 2.25. The summed E-state index contributed by atoms with van der Waals surface area (Å²) < 4.78 is 22.7. The molecular weight excluding hydrogens is 288 g/mol. The number of carbonyl (C=O) groups excluding carboxylic acids is 1. The lowest BCUT2D eigenvalue weighted by atomic mass is 10.1. The lowest BCUT2D eigenvalue weighted by molar-refractivity contribution is -0.129. The van der Waals surface area contributed by atoms with Crippen molar-refractivity contribution in [1.29, 1.82) is 0 Å². The van der Waals surface area contributed by atoms with Crippen LogP contribution in [0.25, 0.3) is 0 Å². The fraction of sp³-hybridized carbons (Fsp3) is 0.533. The number of sulfone groups is 1. The minimum Gasteiger partial charge on any atom is -0.324 e. The van der Waals surface area contributed by atoms with Crippen molar-refractivity contribution in [3.05, 3.63) is 35.9 Å². The predicted octanol–water partition coefficient (Wildman–Crippen LogP) is 1.33. The van der Waals surface area contributed by atoms with E-state index in [9.17, 15) is 13.2 Å². The summed E-state index contributed by atoms with van der Waals surface area (Å²) in [5, 5.41) is 3.33. The molecule has 21 heavy (non-hydrogen) atoms. The fourth-order valence-corrected chi connectivity index (χ4v) is 3.13. The van der Waals surface area contributed by atoms with E-state index in [2.05, 4.69) is 12.2 Å². The maximum atomic E-state index is 12.6. The van der Waals surface area contributed by atoms with Gasteiger partial charge in [0, 0.05) is 12.8 Å². The van der Waals surface area contributed by atoms with Gasteiger partial charge in [-0.15, -0.1) is 0 Å². The Bertz CT molecular complexity index is 586. The van der Waals surface area contributed by atoms with Gasteiger partial charge in [0.25, 0.3) is 0 Å². The van der Waals surface area contributed by atoms with E-state index in [0.717, 1.165) is 18.4 Å². The molecule has 0 radical (unpaired) electrons. The molecule has 1 aromatic carbocycles. The normalized spacial score (nSPS) is 22.8. The number of hydrogen-bond acceptors (Lipinski definition) is 4. The van der Waals surface area contributed by atoms with Crippen LogP contribution in [0.3, 0.4) is 0 Å².